The number of halogens is 1. The highest BCUT2D eigenvalue weighted by Crippen LogP contribution is 1.85. The molecule has 34 valence electrons. The summed E-state index contributed by atoms with van der Waals surface area (Å²) in [6.45, 7) is 0. The van der Waals surface area contributed by atoms with Crippen molar-refractivity contribution in [3.63, 3.8) is 0 Å². The van der Waals surface area contributed by atoms with Crippen LogP contribution in [0.2, 0.25) is 0 Å². The number of nitrogens with zero attached hydrogens (tertiary/aromatic N) is 2. The molecule has 0 saturated carbocycles. The molecule has 0 aliphatic carbocycles. The van der Waals surface area contributed by atoms with Crippen molar-refractivity contribution in [2.24, 2.45) is 0 Å². The molecule has 1 aromatic rings. The number of hydrogen-bond acceptors (Lipinski definition) is 2. The summed E-state index contributed by atoms with van der Waals surface area (Å²) in [5, 5.41) is 6.12. The molecule has 1 aromatic heterocycles. The molecule has 0 atom stereocenters. The fourth-order valence-corrected chi connectivity index (χ4v) is 0.633. The SMILES string of the molecule is [B]c1nc(I)n[nH]1. The topological polar surface area (TPSA) is 41.6 Å². The van der Waals surface area contributed by atoms with E-state index in [4.69, 9.17) is 7.85 Å². The van der Waals surface area contributed by atoms with Crippen LogP contribution in [-0.2, 0) is 0 Å². The second-order valence-electron chi connectivity index (χ2n) is 0.990. The van der Waals surface area contributed by atoms with Crippen LogP contribution in [0.15, 0.2) is 0 Å². The fraction of sp³-hybridized carbons (Fsp3) is 0. The first-order valence-corrected chi connectivity index (χ1v) is 2.70. The van der Waals surface area contributed by atoms with Crippen molar-refractivity contribution in [1.29, 1.82) is 0 Å². The molecule has 1 rings (SSSR count). The lowest BCUT2D eigenvalue weighted by molar-refractivity contribution is 1.08. The molecule has 0 aliphatic heterocycles. The average Bonchev–Trinajstić information content (AvgIpc) is 1.87. The van der Waals surface area contributed by atoms with Gasteiger partial charge in [-0.25, -0.2) is 4.98 Å². The van der Waals surface area contributed by atoms with E-state index in [1.807, 2.05) is 22.6 Å². The van der Waals surface area contributed by atoms with Gasteiger partial charge in [0.2, 0.25) is 3.83 Å². The van der Waals surface area contributed by atoms with Gasteiger partial charge >= 0.3 is 0 Å². The van der Waals surface area contributed by atoms with Crippen LogP contribution in [0, 0.1) is 3.83 Å². The zero-order valence-corrected chi connectivity index (χ0v) is 5.51. The quantitative estimate of drug-likeness (QED) is 0.445. The third-order valence-electron chi connectivity index (χ3n) is 0.475. The molecule has 1 heterocycles. The van der Waals surface area contributed by atoms with Crippen molar-refractivity contribution in [2.75, 3.05) is 0 Å². The summed E-state index contributed by atoms with van der Waals surface area (Å²) in [6, 6.07) is 0. The van der Waals surface area contributed by atoms with E-state index in [-0.39, 0.29) is 0 Å². The Balaban J connectivity index is 3.04. The van der Waals surface area contributed by atoms with E-state index in [0.717, 1.165) is 0 Å². The highest BCUT2D eigenvalue weighted by molar-refractivity contribution is 14.1. The second kappa shape index (κ2) is 1.81. The highest BCUT2D eigenvalue weighted by Gasteiger charge is 1.87. The Bertz CT molecular complexity index is 145. The number of hydrogen-bond donors (Lipinski definition) is 1. The molecular weight excluding hydrogens is 204 g/mol. The van der Waals surface area contributed by atoms with Crippen molar-refractivity contribution in [2.45, 2.75) is 0 Å². The third-order valence-corrected chi connectivity index (χ3v) is 0.958. The summed E-state index contributed by atoms with van der Waals surface area (Å²) in [6.07, 6.45) is 0. The minimum atomic E-state index is 0.365. The van der Waals surface area contributed by atoms with E-state index < -0.39 is 0 Å². The van der Waals surface area contributed by atoms with Gasteiger partial charge in [0.25, 0.3) is 0 Å². The van der Waals surface area contributed by atoms with Gasteiger partial charge in [-0.05, 0) is 0 Å². The van der Waals surface area contributed by atoms with Gasteiger partial charge in [-0.3, -0.25) is 5.10 Å². The van der Waals surface area contributed by atoms with E-state index >= 15 is 0 Å². The lowest BCUT2D eigenvalue weighted by atomic mass is 10.1. The molecule has 2 radical (unpaired) electrons. The van der Waals surface area contributed by atoms with Crippen molar-refractivity contribution < 1.29 is 0 Å². The second-order valence-corrected chi connectivity index (χ2v) is 1.95. The molecular formula is C2HBIN3. The summed E-state index contributed by atoms with van der Waals surface area (Å²) >= 11 is 1.97. The largest absolute Gasteiger partial charge is 0.273 e. The van der Waals surface area contributed by atoms with Crippen LogP contribution < -0.4 is 5.72 Å². The van der Waals surface area contributed by atoms with Crippen molar-refractivity contribution in [3.8, 4) is 0 Å². The minimum absolute atomic E-state index is 0.365. The molecule has 0 bridgehead atoms. The summed E-state index contributed by atoms with van der Waals surface area (Å²) in [7, 11) is 5.14. The van der Waals surface area contributed by atoms with Gasteiger partial charge in [0.05, 0.1) is 5.72 Å². The van der Waals surface area contributed by atoms with Crippen LogP contribution in [0.25, 0.3) is 0 Å². The van der Waals surface area contributed by atoms with Crippen LogP contribution in [0.3, 0.4) is 0 Å². The van der Waals surface area contributed by atoms with Gasteiger partial charge in [-0.1, -0.05) is 0 Å². The minimum Gasteiger partial charge on any atom is -0.273 e. The first-order chi connectivity index (χ1) is 3.29. The van der Waals surface area contributed by atoms with Gasteiger partial charge < -0.3 is 0 Å². The standard InChI is InChI=1S/C2HBIN3/c3-1-5-2(4)7-6-1/h(H,5,6,7). The Morgan fingerprint density at radius 2 is 2.43 bits per heavy atom. The first kappa shape index (κ1) is 5.08. The van der Waals surface area contributed by atoms with Crippen LogP contribution in [-0.4, -0.2) is 23.0 Å². The zero-order valence-electron chi connectivity index (χ0n) is 3.35. The predicted molar refractivity (Wildman–Crippen MR) is 34.5 cm³/mol. The van der Waals surface area contributed by atoms with Crippen LogP contribution in [0.4, 0.5) is 0 Å². The van der Waals surface area contributed by atoms with E-state index in [2.05, 4.69) is 15.2 Å². The van der Waals surface area contributed by atoms with Crippen LogP contribution >= 0.6 is 22.6 Å². The van der Waals surface area contributed by atoms with E-state index in [9.17, 15) is 0 Å². The Morgan fingerprint density at radius 1 is 1.71 bits per heavy atom. The normalized spacial score (nSPS) is 9.29. The lowest BCUT2D eigenvalue weighted by Gasteiger charge is -1.67. The molecule has 7 heavy (non-hydrogen) atoms. The number of aromatic nitrogens is 3. The molecule has 3 nitrogen and oxygen atoms in total. The summed E-state index contributed by atoms with van der Waals surface area (Å²) in [4.78, 5) is 3.71. The summed E-state index contributed by atoms with van der Waals surface area (Å²) in [5.41, 5.74) is 0.365. The number of nitrogens with one attached hydrogen (secondary N) is 1. The van der Waals surface area contributed by atoms with Crippen molar-refractivity contribution in [3.05, 3.63) is 3.83 Å². The maximum Gasteiger partial charge on any atom is 0.210 e. The first-order valence-electron chi connectivity index (χ1n) is 1.62. The molecule has 0 amide bonds. The molecule has 0 spiro atoms. The van der Waals surface area contributed by atoms with Crippen LogP contribution in [0.5, 0.6) is 0 Å². The number of aromatic amines is 1. The maximum absolute atomic E-state index is 5.14. The fourth-order valence-electron chi connectivity index (χ4n) is 0.253. The molecule has 5 heteroatoms. The van der Waals surface area contributed by atoms with Crippen molar-refractivity contribution >= 4 is 36.2 Å². The molecule has 0 fully saturated rings. The lowest BCUT2D eigenvalue weighted by Crippen LogP contribution is -2.05. The van der Waals surface area contributed by atoms with Gasteiger partial charge in [0.1, 0.15) is 0 Å². The Labute approximate surface area is 55.5 Å². The molecule has 0 aromatic carbocycles. The highest BCUT2D eigenvalue weighted by atomic mass is 127. The molecule has 0 unspecified atom stereocenters. The smallest absolute Gasteiger partial charge is 0.210 e. The Kier molecular flexibility index (Phi) is 1.31. The van der Waals surface area contributed by atoms with E-state index in [1.165, 1.54) is 0 Å². The van der Waals surface area contributed by atoms with E-state index in [1.54, 1.807) is 0 Å². The average molecular weight is 205 g/mol. The molecule has 1 N–H and O–H groups in total. The molecule has 0 aliphatic rings. The Morgan fingerprint density at radius 3 is 2.57 bits per heavy atom. The van der Waals surface area contributed by atoms with Gasteiger partial charge in [0, 0.05) is 22.6 Å². The third kappa shape index (κ3) is 1.15. The monoisotopic (exact) mass is 205 g/mol. The predicted octanol–water partition coefficient (Wildman–Crippen LogP) is -0.797. The molecule has 0 saturated heterocycles. The number of H-pyrrole nitrogens is 1. The van der Waals surface area contributed by atoms with Gasteiger partial charge in [0.15, 0.2) is 7.85 Å². The van der Waals surface area contributed by atoms with E-state index in [0.29, 0.717) is 9.55 Å². The van der Waals surface area contributed by atoms with Crippen LogP contribution in [0.1, 0.15) is 0 Å². The van der Waals surface area contributed by atoms with Gasteiger partial charge in [-0.15, -0.1) is 5.10 Å². The maximum atomic E-state index is 5.14. The zero-order chi connectivity index (χ0) is 5.28. The van der Waals surface area contributed by atoms with Gasteiger partial charge in [-0.2, -0.15) is 0 Å². The summed E-state index contributed by atoms with van der Waals surface area (Å²) in [5.74, 6) is 0. The summed E-state index contributed by atoms with van der Waals surface area (Å²) < 4.78 is 0.648. The number of rotatable bonds is 0. The van der Waals surface area contributed by atoms with Crippen molar-refractivity contribution in [1.82, 2.24) is 15.2 Å². The Hall–Kier alpha value is -0.0651.